The lowest BCUT2D eigenvalue weighted by Crippen LogP contribution is -2.30. The summed E-state index contributed by atoms with van der Waals surface area (Å²) in [7, 11) is 0. The lowest BCUT2D eigenvalue weighted by molar-refractivity contribution is 0.0953. The quantitative estimate of drug-likeness (QED) is 0.340. The highest BCUT2D eigenvalue weighted by Crippen LogP contribution is 2.04. The maximum atomic E-state index is 12.0. The maximum Gasteiger partial charge on any atom is 0.267 e. The van der Waals surface area contributed by atoms with Crippen LogP contribution in [0.3, 0.4) is 0 Å². The SMILES string of the molecule is Cc1ncn(Cc2ccc(C(=O)NN)cn2)c(=O)c1I. The van der Waals surface area contributed by atoms with Crippen molar-refractivity contribution in [1.82, 2.24) is 20.0 Å². The van der Waals surface area contributed by atoms with Crippen molar-refractivity contribution < 1.29 is 4.79 Å². The first-order valence-electron chi connectivity index (χ1n) is 5.70. The third-order valence-electron chi connectivity index (χ3n) is 2.71. The number of nitrogen functional groups attached to an aromatic ring is 1. The smallest absolute Gasteiger partial charge is 0.267 e. The van der Waals surface area contributed by atoms with Gasteiger partial charge >= 0.3 is 0 Å². The van der Waals surface area contributed by atoms with Gasteiger partial charge in [0.25, 0.3) is 11.5 Å². The van der Waals surface area contributed by atoms with E-state index in [1.165, 1.54) is 17.1 Å². The molecular formula is C12H12IN5O2. The van der Waals surface area contributed by atoms with Crippen LogP contribution in [0.5, 0.6) is 0 Å². The summed E-state index contributed by atoms with van der Waals surface area (Å²) >= 11 is 1.97. The molecule has 0 aliphatic carbocycles. The highest BCUT2D eigenvalue weighted by atomic mass is 127. The summed E-state index contributed by atoms with van der Waals surface area (Å²) in [5, 5.41) is 0. The maximum absolute atomic E-state index is 12.0. The minimum Gasteiger partial charge on any atom is -0.292 e. The topological polar surface area (TPSA) is 103 Å². The average molecular weight is 385 g/mol. The number of hydrogen-bond donors (Lipinski definition) is 2. The van der Waals surface area contributed by atoms with Crippen LogP contribution in [0.2, 0.25) is 0 Å². The molecule has 0 fully saturated rings. The molecule has 0 radical (unpaired) electrons. The van der Waals surface area contributed by atoms with E-state index in [1.807, 2.05) is 28.0 Å². The van der Waals surface area contributed by atoms with E-state index < -0.39 is 5.91 Å². The van der Waals surface area contributed by atoms with E-state index in [0.717, 1.165) is 0 Å². The molecule has 0 aliphatic rings. The Bertz CT molecular complexity index is 696. The Morgan fingerprint density at radius 1 is 1.45 bits per heavy atom. The van der Waals surface area contributed by atoms with Crippen molar-refractivity contribution in [2.24, 2.45) is 5.84 Å². The van der Waals surface area contributed by atoms with Crippen molar-refractivity contribution in [3.63, 3.8) is 0 Å². The van der Waals surface area contributed by atoms with Crippen molar-refractivity contribution in [1.29, 1.82) is 0 Å². The molecule has 0 unspecified atom stereocenters. The summed E-state index contributed by atoms with van der Waals surface area (Å²) in [5.41, 5.74) is 3.64. The number of nitrogens with zero attached hydrogens (tertiary/aromatic N) is 3. The van der Waals surface area contributed by atoms with Gasteiger partial charge in [-0.15, -0.1) is 0 Å². The van der Waals surface area contributed by atoms with Gasteiger partial charge in [-0.05, 0) is 41.6 Å². The summed E-state index contributed by atoms with van der Waals surface area (Å²) in [5.74, 6) is 4.63. The molecule has 0 spiro atoms. The van der Waals surface area contributed by atoms with Crippen LogP contribution in [0.1, 0.15) is 21.7 Å². The van der Waals surface area contributed by atoms with Gasteiger partial charge in [0.2, 0.25) is 0 Å². The Labute approximate surface area is 128 Å². The van der Waals surface area contributed by atoms with E-state index in [4.69, 9.17) is 5.84 Å². The number of nitrogens with one attached hydrogen (secondary N) is 1. The second-order valence-corrected chi connectivity index (χ2v) is 5.17. The Morgan fingerprint density at radius 3 is 2.80 bits per heavy atom. The molecular weight excluding hydrogens is 373 g/mol. The molecule has 2 rings (SSSR count). The number of hydrogen-bond acceptors (Lipinski definition) is 5. The predicted octanol–water partition coefficient (Wildman–Crippen LogP) is 0.203. The summed E-state index contributed by atoms with van der Waals surface area (Å²) in [6.07, 6.45) is 2.90. The second kappa shape index (κ2) is 6.09. The van der Waals surface area contributed by atoms with Crippen LogP contribution in [-0.2, 0) is 6.54 Å². The predicted molar refractivity (Wildman–Crippen MR) is 80.9 cm³/mol. The van der Waals surface area contributed by atoms with Gasteiger partial charge in [-0.1, -0.05) is 0 Å². The average Bonchev–Trinajstić information content (AvgIpc) is 2.48. The molecule has 0 saturated heterocycles. The van der Waals surface area contributed by atoms with Gasteiger partial charge in [-0.3, -0.25) is 24.6 Å². The fraction of sp³-hybridized carbons (Fsp3) is 0.167. The van der Waals surface area contributed by atoms with E-state index in [1.54, 1.807) is 19.1 Å². The summed E-state index contributed by atoms with van der Waals surface area (Å²) in [6.45, 7) is 2.08. The van der Waals surface area contributed by atoms with E-state index in [9.17, 15) is 9.59 Å². The number of nitrogens with two attached hydrogens (primary N) is 1. The number of carbonyl (C=O) groups is 1. The van der Waals surface area contributed by atoms with Crippen LogP contribution >= 0.6 is 22.6 Å². The van der Waals surface area contributed by atoms with Crippen LogP contribution in [0.25, 0.3) is 0 Å². The first kappa shape index (κ1) is 14.6. The van der Waals surface area contributed by atoms with E-state index in [-0.39, 0.29) is 5.56 Å². The number of amides is 1. The van der Waals surface area contributed by atoms with Gasteiger partial charge in [0.05, 0.1) is 33.4 Å². The van der Waals surface area contributed by atoms with Gasteiger partial charge in [0, 0.05) is 6.20 Å². The largest absolute Gasteiger partial charge is 0.292 e. The van der Waals surface area contributed by atoms with Crippen LogP contribution in [-0.4, -0.2) is 20.4 Å². The van der Waals surface area contributed by atoms with Crippen molar-refractivity contribution in [2.45, 2.75) is 13.5 Å². The molecule has 1 amide bonds. The van der Waals surface area contributed by atoms with Crippen LogP contribution < -0.4 is 16.8 Å². The lowest BCUT2D eigenvalue weighted by Gasteiger charge is -2.07. The third-order valence-corrected chi connectivity index (χ3v) is 3.95. The zero-order valence-electron chi connectivity index (χ0n) is 10.6. The normalized spacial score (nSPS) is 10.3. The Balaban J connectivity index is 2.25. The number of aryl methyl sites for hydroxylation is 1. The van der Waals surface area contributed by atoms with E-state index in [0.29, 0.717) is 27.1 Å². The highest BCUT2D eigenvalue weighted by Gasteiger charge is 2.08. The molecule has 7 nitrogen and oxygen atoms in total. The van der Waals surface area contributed by atoms with Gasteiger partial charge in [-0.25, -0.2) is 10.8 Å². The van der Waals surface area contributed by atoms with Crippen molar-refractivity contribution in [3.8, 4) is 0 Å². The number of carbonyl (C=O) groups excluding carboxylic acids is 1. The molecule has 2 heterocycles. The minimum atomic E-state index is -0.409. The molecule has 104 valence electrons. The standard InChI is InChI=1S/C12H12IN5O2/c1-7-10(13)12(20)18(6-16-7)5-9-3-2-8(4-15-9)11(19)17-14/h2-4,6H,5,14H2,1H3,(H,17,19). The molecule has 0 aromatic carbocycles. The second-order valence-electron chi connectivity index (χ2n) is 4.09. The molecule has 2 aromatic heterocycles. The van der Waals surface area contributed by atoms with Crippen molar-refractivity contribution >= 4 is 28.5 Å². The zero-order chi connectivity index (χ0) is 14.7. The van der Waals surface area contributed by atoms with Gasteiger partial charge < -0.3 is 0 Å². The fourth-order valence-corrected chi connectivity index (χ4v) is 2.02. The van der Waals surface area contributed by atoms with Crippen molar-refractivity contribution in [3.05, 3.63) is 55.5 Å². The molecule has 0 bridgehead atoms. The Kier molecular flexibility index (Phi) is 4.45. The number of aromatic nitrogens is 3. The first-order valence-corrected chi connectivity index (χ1v) is 6.78. The lowest BCUT2D eigenvalue weighted by atomic mass is 10.2. The summed E-state index contributed by atoms with van der Waals surface area (Å²) in [4.78, 5) is 31.6. The number of pyridine rings is 1. The van der Waals surface area contributed by atoms with Gasteiger partial charge in [0.1, 0.15) is 0 Å². The molecule has 0 saturated carbocycles. The molecule has 0 atom stereocenters. The Hall–Kier alpha value is -1.81. The third kappa shape index (κ3) is 3.02. The van der Waals surface area contributed by atoms with Gasteiger partial charge in [-0.2, -0.15) is 0 Å². The van der Waals surface area contributed by atoms with Gasteiger partial charge in [0.15, 0.2) is 0 Å². The number of hydrazine groups is 1. The van der Waals surface area contributed by atoms with Crippen LogP contribution in [0.4, 0.5) is 0 Å². The molecule has 20 heavy (non-hydrogen) atoms. The van der Waals surface area contributed by atoms with E-state index >= 15 is 0 Å². The van der Waals surface area contributed by atoms with Crippen LogP contribution in [0.15, 0.2) is 29.5 Å². The fourth-order valence-electron chi connectivity index (χ4n) is 1.57. The minimum absolute atomic E-state index is 0.108. The summed E-state index contributed by atoms with van der Waals surface area (Å²) < 4.78 is 2.06. The summed E-state index contributed by atoms with van der Waals surface area (Å²) in [6, 6.07) is 3.27. The Morgan fingerprint density at radius 2 is 2.20 bits per heavy atom. The molecule has 0 aliphatic heterocycles. The van der Waals surface area contributed by atoms with Crippen LogP contribution in [0, 0.1) is 10.5 Å². The molecule has 8 heteroatoms. The monoisotopic (exact) mass is 385 g/mol. The van der Waals surface area contributed by atoms with Crippen molar-refractivity contribution in [2.75, 3.05) is 0 Å². The molecule has 3 N–H and O–H groups in total. The number of halogens is 1. The number of rotatable bonds is 3. The molecule has 2 aromatic rings. The first-order chi connectivity index (χ1) is 9.52. The highest BCUT2D eigenvalue weighted by molar-refractivity contribution is 14.1. The zero-order valence-corrected chi connectivity index (χ0v) is 12.8. The van der Waals surface area contributed by atoms with E-state index in [2.05, 4.69) is 9.97 Å².